The van der Waals surface area contributed by atoms with Gasteiger partial charge in [-0.1, -0.05) is 13.0 Å². The zero-order chi connectivity index (χ0) is 19.3. The number of ether oxygens (including phenoxy) is 3. The van der Waals surface area contributed by atoms with Crippen molar-refractivity contribution in [3.8, 4) is 5.75 Å². The number of rotatable bonds is 4. The van der Waals surface area contributed by atoms with Crippen molar-refractivity contribution >= 4 is 0 Å². The van der Waals surface area contributed by atoms with Gasteiger partial charge in [-0.2, -0.15) is 0 Å². The average molecular weight is 380 g/mol. The predicted molar refractivity (Wildman–Crippen MR) is 97.1 cm³/mol. The Labute approximate surface area is 159 Å². The molecular weight excluding hydrogens is 351 g/mol. The van der Waals surface area contributed by atoms with Crippen molar-refractivity contribution in [1.82, 2.24) is 0 Å². The Bertz CT molecular complexity index is 710. The molecule has 7 atom stereocenters. The van der Waals surface area contributed by atoms with E-state index in [1.807, 2.05) is 6.07 Å². The molecule has 1 aromatic rings. The molecule has 0 aliphatic heterocycles. The average Bonchev–Trinajstić information content (AvgIpc) is 2.90. The van der Waals surface area contributed by atoms with Crippen molar-refractivity contribution in [1.29, 1.82) is 0 Å². The lowest BCUT2D eigenvalue weighted by molar-refractivity contribution is -0.102. The van der Waals surface area contributed by atoms with Gasteiger partial charge in [0.05, 0.1) is 18.3 Å². The first-order chi connectivity index (χ1) is 12.9. The fourth-order valence-electron chi connectivity index (χ4n) is 6.11. The van der Waals surface area contributed by atoms with Crippen LogP contribution < -0.4 is 4.74 Å². The van der Waals surface area contributed by atoms with Gasteiger partial charge >= 0.3 is 0 Å². The second-order valence-electron chi connectivity index (χ2n) is 8.56. The normalized spacial score (nSPS) is 40.2. The molecular formula is C21H29FO5. The van der Waals surface area contributed by atoms with Gasteiger partial charge in [0.25, 0.3) is 0 Å². The second kappa shape index (κ2) is 6.99. The fourth-order valence-corrected chi connectivity index (χ4v) is 6.11. The number of methoxy groups -OCH3 is 2. The SMILES string of the molecule is COCOc1ccc2c(c1F)CC[C@@H]1[C@@H]2[C@@H](OC)C[C@]2(C)[C@@H](O)[C@@H](O)C[C@@H]12. The van der Waals surface area contributed by atoms with Crippen molar-refractivity contribution in [2.24, 2.45) is 17.3 Å². The molecule has 0 radical (unpaired) electrons. The Balaban J connectivity index is 1.72. The van der Waals surface area contributed by atoms with Crippen molar-refractivity contribution in [3.05, 3.63) is 29.1 Å². The largest absolute Gasteiger partial charge is 0.464 e. The minimum atomic E-state index is -0.732. The van der Waals surface area contributed by atoms with E-state index >= 15 is 4.39 Å². The van der Waals surface area contributed by atoms with Crippen LogP contribution in [-0.4, -0.2) is 49.5 Å². The van der Waals surface area contributed by atoms with Crippen LogP contribution in [0, 0.1) is 23.1 Å². The van der Waals surface area contributed by atoms with Crippen LogP contribution in [0.3, 0.4) is 0 Å². The summed E-state index contributed by atoms with van der Waals surface area (Å²) in [6.45, 7) is 2.08. The van der Waals surface area contributed by atoms with Crippen molar-refractivity contribution in [2.75, 3.05) is 21.0 Å². The number of benzene rings is 1. The van der Waals surface area contributed by atoms with E-state index < -0.39 is 12.2 Å². The monoisotopic (exact) mass is 380 g/mol. The minimum absolute atomic E-state index is 0.0126. The van der Waals surface area contributed by atoms with Gasteiger partial charge in [-0.05, 0) is 54.7 Å². The highest BCUT2D eigenvalue weighted by molar-refractivity contribution is 5.43. The van der Waals surface area contributed by atoms with Gasteiger partial charge in [-0.25, -0.2) is 4.39 Å². The van der Waals surface area contributed by atoms with Gasteiger partial charge in [-0.3, -0.25) is 0 Å². The molecule has 6 heteroatoms. The summed E-state index contributed by atoms with van der Waals surface area (Å²) >= 11 is 0. The molecule has 0 unspecified atom stereocenters. The van der Waals surface area contributed by atoms with Crippen LogP contribution in [0.5, 0.6) is 5.75 Å². The first kappa shape index (κ1) is 19.1. The van der Waals surface area contributed by atoms with E-state index in [4.69, 9.17) is 14.2 Å². The van der Waals surface area contributed by atoms with Crippen molar-refractivity contribution in [3.63, 3.8) is 0 Å². The van der Waals surface area contributed by atoms with E-state index in [1.165, 1.54) is 7.11 Å². The lowest BCUT2D eigenvalue weighted by atomic mass is 9.54. The fraction of sp³-hybridized carbons (Fsp3) is 0.714. The van der Waals surface area contributed by atoms with Crippen LogP contribution in [0.15, 0.2) is 12.1 Å². The molecule has 0 bridgehead atoms. The Kier molecular flexibility index (Phi) is 4.95. The smallest absolute Gasteiger partial charge is 0.188 e. The number of fused-ring (bicyclic) bond motifs is 5. The third kappa shape index (κ3) is 2.80. The summed E-state index contributed by atoms with van der Waals surface area (Å²) in [7, 11) is 3.19. The van der Waals surface area contributed by atoms with Crippen LogP contribution in [-0.2, 0) is 15.9 Å². The standard InChI is InChI=1S/C21H29FO5/c1-21-9-17(26-3)18-11-6-7-16(27-10-25-2)19(22)12(11)4-5-13(18)14(21)8-15(23)20(21)24/h6-7,13-15,17-18,20,23-24H,4-5,8-10H2,1-3H3/t13-,14-,15-,17-,18+,20-,21-/m0/s1. The number of aliphatic hydroxyl groups is 2. The van der Waals surface area contributed by atoms with E-state index in [2.05, 4.69) is 6.92 Å². The van der Waals surface area contributed by atoms with Crippen LogP contribution in [0.25, 0.3) is 0 Å². The molecule has 2 saturated carbocycles. The molecule has 0 aromatic heterocycles. The van der Waals surface area contributed by atoms with Crippen molar-refractivity contribution < 1.29 is 28.8 Å². The lowest BCUT2D eigenvalue weighted by Crippen LogP contribution is -2.51. The first-order valence-corrected chi connectivity index (χ1v) is 9.74. The molecule has 0 spiro atoms. The van der Waals surface area contributed by atoms with Crippen LogP contribution in [0.2, 0.25) is 0 Å². The molecule has 150 valence electrons. The maximum atomic E-state index is 15.0. The molecule has 5 nitrogen and oxygen atoms in total. The van der Waals surface area contributed by atoms with Crippen LogP contribution in [0.1, 0.15) is 43.2 Å². The minimum Gasteiger partial charge on any atom is -0.464 e. The Morgan fingerprint density at radius 1 is 1.26 bits per heavy atom. The molecule has 3 aliphatic rings. The summed E-state index contributed by atoms with van der Waals surface area (Å²) in [6, 6.07) is 3.63. The number of halogens is 1. The molecule has 3 aliphatic carbocycles. The van der Waals surface area contributed by atoms with Crippen LogP contribution in [0.4, 0.5) is 4.39 Å². The summed E-state index contributed by atoms with van der Waals surface area (Å²) in [6.07, 6.45) is 1.17. The van der Waals surface area contributed by atoms with Gasteiger partial charge in [0.2, 0.25) is 0 Å². The van der Waals surface area contributed by atoms with E-state index in [1.54, 1.807) is 13.2 Å². The Morgan fingerprint density at radius 3 is 2.74 bits per heavy atom. The van der Waals surface area contributed by atoms with E-state index in [-0.39, 0.29) is 47.6 Å². The zero-order valence-corrected chi connectivity index (χ0v) is 16.2. The molecule has 0 saturated heterocycles. The zero-order valence-electron chi connectivity index (χ0n) is 16.2. The Morgan fingerprint density at radius 2 is 2.04 bits per heavy atom. The Hall–Kier alpha value is -1.21. The molecule has 27 heavy (non-hydrogen) atoms. The predicted octanol–water partition coefficient (Wildman–Crippen LogP) is 2.62. The molecule has 4 rings (SSSR count). The van der Waals surface area contributed by atoms with Gasteiger partial charge in [0.1, 0.15) is 0 Å². The maximum absolute atomic E-state index is 15.0. The summed E-state index contributed by atoms with van der Waals surface area (Å²) in [4.78, 5) is 0. The molecule has 0 heterocycles. The highest BCUT2D eigenvalue weighted by Crippen LogP contribution is 2.61. The number of aliphatic hydroxyl groups excluding tert-OH is 2. The molecule has 1 aromatic carbocycles. The number of hydrogen-bond acceptors (Lipinski definition) is 5. The number of hydrogen-bond donors (Lipinski definition) is 2. The summed E-state index contributed by atoms with van der Waals surface area (Å²) in [5, 5.41) is 20.9. The van der Waals surface area contributed by atoms with Gasteiger partial charge in [-0.15, -0.1) is 0 Å². The maximum Gasteiger partial charge on any atom is 0.188 e. The highest BCUT2D eigenvalue weighted by Gasteiger charge is 2.60. The highest BCUT2D eigenvalue weighted by atomic mass is 19.1. The molecule has 2 N–H and O–H groups in total. The summed E-state index contributed by atoms with van der Waals surface area (Å²) < 4.78 is 31.1. The van der Waals surface area contributed by atoms with Crippen molar-refractivity contribution in [2.45, 2.75) is 56.8 Å². The first-order valence-electron chi connectivity index (χ1n) is 9.74. The molecule has 2 fully saturated rings. The van der Waals surface area contributed by atoms with Gasteiger partial charge in [0.15, 0.2) is 18.4 Å². The lowest BCUT2D eigenvalue weighted by Gasteiger charge is -2.53. The summed E-state index contributed by atoms with van der Waals surface area (Å²) in [5.74, 6) is 0.450. The van der Waals surface area contributed by atoms with Gasteiger partial charge < -0.3 is 24.4 Å². The van der Waals surface area contributed by atoms with E-state index in [9.17, 15) is 10.2 Å². The molecule has 0 amide bonds. The van der Waals surface area contributed by atoms with E-state index in [0.717, 1.165) is 12.0 Å². The topological polar surface area (TPSA) is 68.2 Å². The quantitative estimate of drug-likeness (QED) is 0.786. The van der Waals surface area contributed by atoms with Crippen LogP contribution >= 0.6 is 0 Å². The summed E-state index contributed by atoms with van der Waals surface area (Å²) in [5.41, 5.74) is 1.33. The third-order valence-electron chi connectivity index (χ3n) is 7.37. The second-order valence-corrected chi connectivity index (χ2v) is 8.56. The van der Waals surface area contributed by atoms with E-state index in [0.29, 0.717) is 24.8 Å². The van der Waals surface area contributed by atoms with Gasteiger partial charge in [0, 0.05) is 25.6 Å². The third-order valence-corrected chi connectivity index (χ3v) is 7.37.